The van der Waals surface area contributed by atoms with Gasteiger partial charge in [-0.05, 0) is 49.6 Å². The second-order valence-corrected chi connectivity index (χ2v) is 5.90. The molecule has 3 rings (SSSR count). The Morgan fingerprint density at radius 3 is 2.60 bits per heavy atom. The Labute approximate surface area is 122 Å². The Morgan fingerprint density at radius 2 is 1.90 bits per heavy atom. The van der Waals surface area contributed by atoms with E-state index in [0.717, 1.165) is 11.3 Å². The van der Waals surface area contributed by atoms with E-state index in [4.69, 9.17) is 4.42 Å². The lowest BCUT2D eigenvalue weighted by molar-refractivity contribution is 0.489. The normalized spacial score (nSPS) is 11.2. The van der Waals surface area contributed by atoms with E-state index >= 15 is 0 Å². The van der Waals surface area contributed by atoms with E-state index in [2.05, 4.69) is 42.9 Å². The van der Waals surface area contributed by atoms with Crippen molar-refractivity contribution in [3.05, 3.63) is 52.7 Å². The average Bonchev–Trinajstić information content (AvgIpc) is 2.80. The van der Waals surface area contributed by atoms with Crippen LogP contribution in [0.15, 0.2) is 40.1 Å². The maximum absolute atomic E-state index is 5.68. The van der Waals surface area contributed by atoms with Gasteiger partial charge in [0.1, 0.15) is 0 Å². The highest BCUT2D eigenvalue weighted by Gasteiger charge is 2.09. The van der Waals surface area contributed by atoms with Crippen molar-refractivity contribution in [1.29, 1.82) is 0 Å². The van der Waals surface area contributed by atoms with Gasteiger partial charge in [0.05, 0.1) is 0 Å². The minimum absolute atomic E-state index is 0.673. The van der Waals surface area contributed by atoms with Gasteiger partial charge < -0.3 is 4.42 Å². The van der Waals surface area contributed by atoms with Crippen LogP contribution in [-0.2, 0) is 5.75 Å². The lowest BCUT2D eigenvalue weighted by Gasteiger charge is -2.09. The smallest absolute Gasteiger partial charge is 0.258 e. The van der Waals surface area contributed by atoms with Gasteiger partial charge in [-0.2, -0.15) is 4.98 Å². The summed E-state index contributed by atoms with van der Waals surface area (Å²) in [6, 6.07) is 8.19. The van der Waals surface area contributed by atoms with Gasteiger partial charge in [0.2, 0.25) is 0 Å². The van der Waals surface area contributed by atoms with Crippen LogP contribution in [-0.4, -0.2) is 9.97 Å². The number of hydrogen-bond donors (Lipinski definition) is 0. The molecule has 4 heteroatoms. The average molecular weight is 284 g/mol. The van der Waals surface area contributed by atoms with Crippen molar-refractivity contribution in [2.24, 2.45) is 0 Å². The van der Waals surface area contributed by atoms with Crippen molar-refractivity contribution in [3.8, 4) is 0 Å². The lowest BCUT2D eigenvalue weighted by Crippen LogP contribution is -1.93. The number of oxazole rings is 1. The minimum Gasteiger partial charge on any atom is -0.430 e. The minimum atomic E-state index is 0.673. The number of benzene rings is 1. The van der Waals surface area contributed by atoms with Crippen LogP contribution in [0.5, 0.6) is 0 Å². The van der Waals surface area contributed by atoms with Crippen LogP contribution in [0.2, 0.25) is 0 Å². The zero-order valence-electron chi connectivity index (χ0n) is 11.8. The van der Waals surface area contributed by atoms with Gasteiger partial charge in [0.25, 0.3) is 5.22 Å². The van der Waals surface area contributed by atoms with Crippen molar-refractivity contribution in [2.45, 2.75) is 31.7 Å². The molecule has 0 amide bonds. The van der Waals surface area contributed by atoms with Crippen LogP contribution in [0.4, 0.5) is 0 Å². The molecule has 0 fully saturated rings. The standard InChI is InChI=1S/C16H16N2OS/c1-10-7-11(2)13(12(3)8-10)9-20-16-18-15-14(19-16)5-4-6-17-15/h4-8H,9H2,1-3H3. The first-order valence-corrected chi connectivity index (χ1v) is 7.53. The summed E-state index contributed by atoms with van der Waals surface area (Å²) in [5.74, 6) is 0.866. The van der Waals surface area contributed by atoms with Gasteiger partial charge in [-0.3, -0.25) is 0 Å². The molecule has 2 heterocycles. The zero-order valence-corrected chi connectivity index (χ0v) is 12.6. The summed E-state index contributed by atoms with van der Waals surface area (Å²) in [6.45, 7) is 6.44. The van der Waals surface area contributed by atoms with Crippen LogP contribution in [0, 0.1) is 20.8 Å². The molecule has 0 aliphatic carbocycles. The third-order valence-corrected chi connectivity index (χ3v) is 4.18. The first-order chi connectivity index (χ1) is 9.63. The van der Waals surface area contributed by atoms with Crippen LogP contribution in [0.1, 0.15) is 22.3 Å². The van der Waals surface area contributed by atoms with Crippen molar-refractivity contribution in [3.63, 3.8) is 0 Å². The number of aryl methyl sites for hydroxylation is 3. The molecule has 0 spiro atoms. The molecule has 2 aromatic heterocycles. The molecular weight excluding hydrogens is 268 g/mol. The Kier molecular flexibility index (Phi) is 3.49. The molecule has 1 aromatic carbocycles. The van der Waals surface area contributed by atoms with Crippen molar-refractivity contribution in [2.75, 3.05) is 0 Å². The van der Waals surface area contributed by atoms with Gasteiger partial charge >= 0.3 is 0 Å². The molecule has 0 N–H and O–H groups in total. The number of hydrogen-bond acceptors (Lipinski definition) is 4. The molecule has 0 unspecified atom stereocenters. The van der Waals surface area contributed by atoms with Crippen molar-refractivity contribution < 1.29 is 4.42 Å². The van der Waals surface area contributed by atoms with Crippen LogP contribution < -0.4 is 0 Å². The summed E-state index contributed by atoms with van der Waals surface area (Å²) < 4.78 is 5.68. The highest BCUT2D eigenvalue weighted by atomic mass is 32.2. The summed E-state index contributed by atoms with van der Waals surface area (Å²) in [7, 11) is 0. The fraction of sp³-hybridized carbons (Fsp3) is 0.250. The Hall–Kier alpha value is -1.81. The van der Waals surface area contributed by atoms with Crippen LogP contribution in [0.25, 0.3) is 11.2 Å². The number of nitrogens with zero attached hydrogens (tertiary/aromatic N) is 2. The monoisotopic (exact) mass is 284 g/mol. The van der Waals surface area contributed by atoms with Gasteiger partial charge in [-0.15, -0.1) is 0 Å². The van der Waals surface area contributed by atoms with Gasteiger partial charge in [-0.1, -0.05) is 29.5 Å². The molecule has 0 atom stereocenters. The summed E-state index contributed by atoms with van der Waals surface area (Å²) in [5.41, 5.74) is 6.73. The first-order valence-electron chi connectivity index (χ1n) is 6.54. The molecule has 0 saturated carbocycles. The molecule has 3 nitrogen and oxygen atoms in total. The van der Waals surface area contributed by atoms with Crippen molar-refractivity contribution >= 4 is 23.0 Å². The predicted molar refractivity (Wildman–Crippen MR) is 82.0 cm³/mol. The summed E-state index contributed by atoms with van der Waals surface area (Å²) in [4.78, 5) is 8.58. The van der Waals surface area contributed by atoms with E-state index in [1.165, 1.54) is 22.3 Å². The van der Waals surface area contributed by atoms with Gasteiger partial charge in [0, 0.05) is 11.9 Å². The number of thioether (sulfide) groups is 1. The van der Waals surface area contributed by atoms with Gasteiger partial charge in [0.15, 0.2) is 11.2 Å². The van der Waals surface area contributed by atoms with Crippen LogP contribution in [0.3, 0.4) is 0 Å². The molecule has 0 aliphatic rings. The molecular formula is C16H16N2OS. The van der Waals surface area contributed by atoms with E-state index in [9.17, 15) is 0 Å². The molecule has 0 saturated heterocycles. The topological polar surface area (TPSA) is 38.9 Å². The van der Waals surface area contributed by atoms with Crippen molar-refractivity contribution in [1.82, 2.24) is 9.97 Å². The SMILES string of the molecule is Cc1cc(C)c(CSc2nc3ncccc3o2)c(C)c1. The summed E-state index contributed by atoms with van der Waals surface area (Å²) in [6.07, 6.45) is 1.73. The van der Waals surface area contributed by atoms with E-state index in [0.29, 0.717) is 10.9 Å². The fourth-order valence-corrected chi connectivity index (χ4v) is 3.41. The number of fused-ring (bicyclic) bond motifs is 1. The highest BCUT2D eigenvalue weighted by Crippen LogP contribution is 2.28. The van der Waals surface area contributed by atoms with Gasteiger partial charge in [-0.25, -0.2) is 4.98 Å². The second kappa shape index (κ2) is 5.29. The largest absolute Gasteiger partial charge is 0.430 e. The molecule has 20 heavy (non-hydrogen) atoms. The highest BCUT2D eigenvalue weighted by molar-refractivity contribution is 7.98. The maximum Gasteiger partial charge on any atom is 0.258 e. The molecule has 0 aliphatic heterocycles. The zero-order chi connectivity index (χ0) is 14.1. The maximum atomic E-state index is 5.68. The van der Waals surface area contributed by atoms with Crippen LogP contribution >= 0.6 is 11.8 Å². The number of aromatic nitrogens is 2. The summed E-state index contributed by atoms with van der Waals surface area (Å²) in [5, 5.41) is 0.679. The third kappa shape index (κ3) is 2.56. The Balaban J connectivity index is 1.83. The molecule has 0 bridgehead atoms. The molecule has 102 valence electrons. The predicted octanol–water partition coefficient (Wildman–Crippen LogP) is 4.44. The first kappa shape index (κ1) is 13.2. The third-order valence-electron chi connectivity index (χ3n) is 3.33. The summed E-state index contributed by atoms with van der Waals surface area (Å²) >= 11 is 1.62. The molecule has 0 radical (unpaired) electrons. The lowest BCUT2D eigenvalue weighted by atomic mass is 10.0. The quantitative estimate of drug-likeness (QED) is 0.666. The Bertz CT molecular complexity index is 708. The Morgan fingerprint density at radius 1 is 1.15 bits per heavy atom. The van der Waals surface area contributed by atoms with E-state index in [-0.39, 0.29) is 0 Å². The van der Waals surface area contributed by atoms with E-state index in [1.807, 2.05) is 12.1 Å². The number of pyridine rings is 1. The second-order valence-electron chi connectivity index (χ2n) is 4.97. The fourth-order valence-electron chi connectivity index (χ4n) is 2.38. The van der Waals surface area contributed by atoms with E-state index < -0.39 is 0 Å². The molecule has 3 aromatic rings. The van der Waals surface area contributed by atoms with E-state index in [1.54, 1.807) is 18.0 Å². The number of rotatable bonds is 3.